The van der Waals surface area contributed by atoms with Crippen molar-refractivity contribution in [3.63, 3.8) is 0 Å². The van der Waals surface area contributed by atoms with Crippen LogP contribution in [0.1, 0.15) is 132 Å². The summed E-state index contributed by atoms with van der Waals surface area (Å²) < 4.78 is 5.30. The number of aryl methyl sites for hydroxylation is 2. The molecule has 0 spiro atoms. The zero-order valence-electron chi connectivity index (χ0n) is 27.9. The van der Waals surface area contributed by atoms with Crippen LogP contribution in [0.25, 0.3) is 5.57 Å². The van der Waals surface area contributed by atoms with E-state index < -0.39 is 0 Å². The lowest BCUT2D eigenvalue weighted by molar-refractivity contribution is 0.0190. The van der Waals surface area contributed by atoms with Crippen LogP contribution in [0.2, 0.25) is 0 Å². The van der Waals surface area contributed by atoms with Gasteiger partial charge in [-0.15, -0.1) is 0 Å². The van der Waals surface area contributed by atoms with Gasteiger partial charge in [0.15, 0.2) is 5.78 Å². The molecule has 42 heavy (non-hydrogen) atoms. The molecule has 1 saturated heterocycles. The minimum atomic E-state index is -0.375. The van der Waals surface area contributed by atoms with Gasteiger partial charge in [0.05, 0.1) is 0 Å². The molecular weight excluding hydrogens is 522 g/mol. The summed E-state index contributed by atoms with van der Waals surface area (Å²) in [4.78, 5) is 35.1. The number of likely N-dealkylation sites (tertiary alicyclic amines) is 1. The van der Waals surface area contributed by atoms with Gasteiger partial charge in [-0.2, -0.15) is 0 Å². The lowest BCUT2D eigenvalue weighted by Crippen LogP contribution is -2.41. The Morgan fingerprint density at radius 3 is 2.02 bits per heavy atom. The number of carbonyl (C=O) groups is 3. The highest BCUT2D eigenvalue weighted by Crippen LogP contribution is 2.28. The molecule has 0 radical (unpaired) electrons. The van der Waals surface area contributed by atoms with E-state index in [0.29, 0.717) is 0 Å². The Kier molecular flexibility index (Phi) is 16.1. The van der Waals surface area contributed by atoms with Gasteiger partial charge in [-0.25, -0.2) is 4.79 Å². The number of amides is 1. The van der Waals surface area contributed by atoms with Crippen molar-refractivity contribution in [3.8, 4) is 0 Å². The summed E-state index contributed by atoms with van der Waals surface area (Å²) in [5, 5.41) is 0. The summed E-state index contributed by atoms with van der Waals surface area (Å²) in [6.45, 7) is 22.1. The standard InChI is InChI=1S/C17H24O.C11H21NO2.C9H10O/c1-6-8-12(3)16(7-2)17-11-15(14(5)18)10-9-13(17)4;1-9-5-7-12(8-6-9)10(13)14-11(2,3)4;1-2-8-3-5-9(7-10)6-4-8/h9-11H,6-8H2,1-5H3;9H,5-8H2,1-4H3;3-7H,2H2,1H3/b16-12+;;. The number of hydrogen-bond donors (Lipinski definition) is 0. The summed E-state index contributed by atoms with van der Waals surface area (Å²) >= 11 is 0. The Morgan fingerprint density at radius 2 is 1.57 bits per heavy atom. The zero-order valence-corrected chi connectivity index (χ0v) is 27.9. The molecule has 1 heterocycles. The molecule has 0 bridgehead atoms. The number of hydrogen-bond acceptors (Lipinski definition) is 4. The van der Waals surface area contributed by atoms with Crippen molar-refractivity contribution < 1.29 is 19.1 Å². The van der Waals surface area contributed by atoms with Crippen LogP contribution in [0.4, 0.5) is 4.79 Å². The quantitative estimate of drug-likeness (QED) is 0.243. The molecule has 0 atom stereocenters. The highest BCUT2D eigenvalue weighted by molar-refractivity contribution is 5.95. The first-order valence-electron chi connectivity index (χ1n) is 15.6. The fraction of sp³-hybridized carbons (Fsp3) is 0.541. The molecule has 0 aromatic heterocycles. The molecule has 232 valence electrons. The van der Waals surface area contributed by atoms with Crippen molar-refractivity contribution in [2.45, 2.75) is 113 Å². The zero-order chi connectivity index (χ0) is 31.9. The van der Waals surface area contributed by atoms with Crippen LogP contribution in [0, 0.1) is 12.8 Å². The van der Waals surface area contributed by atoms with Crippen LogP contribution >= 0.6 is 0 Å². The van der Waals surface area contributed by atoms with Gasteiger partial charge in [-0.3, -0.25) is 9.59 Å². The SMILES string of the molecule is CC1CCN(C(=O)OC(C)(C)C)CC1.CCC/C(C)=C(\CC)c1cc(C(C)=O)ccc1C.CCc1ccc(C=O)cc1. The molecule has 0 saturated carbocycles. The Bertz CT molecular complexity index is 1160. The third kappa shape index (κ3) is 13.2. The molecule has 0 unspecified atom stereocenters. The highest BCUT2D eigenvalue weighted by Gasteiger charge is 2.25. The molecular formula is C37H55NO4. The second kappa shape index (κ2) is 18.4. The van der Waals surface area contributed by atoms with Crippen molar-refractivity contribution in [1.82, 2.24) is 4.90 Å². The summed E-state index contributed by atoms with van der Waals surface area (Å²) in [6.07, 6.45) is 7.24. The molecule has 2 aromatic rings. The number of Topliss-reactive ketones (excluding diaryl/α,β-unsaturated/α-hetero) is 1. The highest BCUT2D eigenvalue weighted by atomic mass is 16.6. The summed E-state index contributed by atoms with van der Waals surface area (Å²) in [5.41, 5.74) is 7.80. The molecule has 1 aliphatic heterocycles. The third-order valence-electron chi connectivity index (χ3n) is 7.42. The smallest absolute Gasteiger partial charge is 0.410 e. The second-order valence-electron chi connectivity index (χ2n) is 12.3. The molecule has 0 aliphatic carbocycles. The van der Waals surface area contributed by atoms with E-state index in [9.17, 15) is 14.4 Å². The van der Waals surface area contributed by atoms with Gasteiger partial charge in [-0.05, 0) is 108 Å². The minimum Gasteiger partial charge on any atom is -0.444 e. The van der Waals surface area contributed by atoms with Crippen LogP contribution < -0.4 is 0 Å². The number of benzene rings is 2. The van der Waals surface area contributed by atoms with Crippen LogP contribution in [-0.4, -0.2) is 41.8 Å². The summed E-state index contributed by atoms with van der Waals surface area (Å²) in [6, 6.07) is 13.7. The molecule has 5 nitrogen and oxygen atoms in total. The second-order valence-corrected chi connectivity index (χ2v) is 12.3. The first kappa shape index (κ1) is 36.8. The number of aldehydes is 1. The average Bonchev–Trinajstić information content (AvgIpc) is 2.94. The fourth-order valence-electron chi connectivity index (χ4n) is 4.76. The Hall–Kier alpha value is -3.21. The van der Waals surface area contributed by atoms with Crippen LogP contribution in [0.15, 0.2) is 48.0 Å². The maximum atomic E-state index is 11.6. The normalized spacial score (nSPS) is 14.0. The predicted octanol–water partition coefficient (Wildman–Crippen LogP) is 9.90. The lowest BCUT2D eigenvalue weighted by atomic mass is 9.91. The number of ketones is 1. The molecule has 1 amide bonds. The average molecular weight is 578 g/mol. The fourth-order valence-corrected chi connectivity index (χ4v) is 4.76. The van der Waals surface area contributed by atoms with Crippen molar-refractivity contribution in [1.29, 1.82) is 0 Å². The van der Waals surface area contributed by atoms with Gasteiger partial charge >= 0.3 is 6.09 Å². The Morgan fingerprint density at radius 1 is 0.976 bits per heavy atom. The van der Waals surface area contributed by atoms with Gasteiger partial charge in [-0.1, -0.05) is 76.1 Å². The van der Waals surface area contributed by atoms with E-state index in [2.05, 4.69) is 53.7 Å². The van der Waals surface area contributed by atoms with Crippen molar-refractivity contribution in [2.75, 3.05) is 13.1 Å². The number of nitrogens with zero attached hydrogens (tertiary/aromatic N) is 1. The van der Waals surface area contributed by atoms with Gasteiger partial charge < -0.3 is 9.64 Å². The molecule has 0 N–H and O–H groups in total. The van der Waals surface area contributed by atoms with E-state index in [4.69, 9.17) is 4.74 Å². The topological polar surface area (TPSA) is 63.7 Å². The van der Waals surface area contributed by atoms with E-state index in [1.54, 1.807) is 6.92 Å². The third-order valence-corrected chi connectivity index (χ3v) is 7.42. The first-order chi connectivity index (χ1) is 19.8. The largest absolute Gasteiger partial charge is 0.444 e. The van der Waals surface area contributed by atoms with Gasteiger partial charge in [0.1, 0.15) is 11.9 Å². The van der Waals surface area contributed by atoms with E-state index in [-0.39, 0.29) is 17.5 Å². The molecule has 5 heteroatoms. The molecule has 1 aliphatic rings. The molecule has 2 aromatic carbocycles. The van der Waals surface area contributed by atoms with Crippen LogP contribution in [0.5, 0.6) is 0 Å². The first-order valence-corrected chi connectivity index (χ1v) is 15.6. The van der Waals surface area contributed by atoms with Gasteiger partial charge in [0.25, 0.3) is 0 Å². The minimum absolute atomic E-state index is 0.139. The van der Waals surface area contributed by atoms with E-state index in [0.717, 1.165) is 68.5 Å². The van der Waals surface area contributed by atoms with Gasteiger partial charge in [0.2, 0.25) is 0 Å². The lowest BCUT2D eigenvalue weighted by Gasteiger charge is -2.32. The monoisotopic (exact) mass is 577 g/mol. The summed E-state index contributed by atoms with van der Waals surface area (Å²) in [5.74, 6) is 0.883. The van der Waals surface area contributed by atoms with Gasteiger partial charge in [0, 0.05) is 24.2 Å². The van der Waals surface area contributed by atoms with E-state index in [1.165, 1.54) is 34.3 Å². The Labute approximate surface area is 255 Å². The Balaban J connectivity index is 0.000000328. The maximum Gasteiger partial charge on any atom is 0.410 e. The number of piperidine rings is 1. The van der Waals surface area contributed by atoms with Crippen LogP contribution in [-0.2, 0) is 11.2 Å². The number of rotatable bonds is 7. The van der Waals surface area contributed by atoms with E-state index in [1.807, 2.05) is 56.0 Å². The number of carbonyl (C=O) groups excluding carboxylic acids is 3. The van der Waals surface area contributed by atoms with Crippen LogP contribution in [0.3, 0.4) is 0 Å². The van der Waals surface area contributed by atoms with E-state index >= 15 is 0 Å². The van der Waals surface area contributed by atoms with Crippen molar-refractivity contribution in [2.24, 2.45) is 5.92 Å². The number of ether oxygens (including phenoxy) is 1. The molecule has 3 rings (SSSR count). The van der Waals surface area contributed by atoms with Crippen molar-refractivity contribution >= 4 is 23.7 Å². The summed E-state index contributed by atoms with van der Waals surface area (Å²) in [7, 11) is 0. The molecule has 1 fully saturated rings. The maximum absolute atomic E-state index is 11.6. The number of allylic oxidation sites excluding steroid dienone is 2. The van der Waals surface area contributed by atoms with Crippen molar-refractivity contribution in [3.05, 3.63) is 75.9 Å². The predicted molar refractivity (Wildman–Crippen MR) is 176 cm³/mol.